The molecule has 31 heavy (non-hydrogen) atoms. The lowest BCUT2D eigenvalue weighted by atomic mass is 10.1. The lowest BCUT2D eigenvalue weighted by Gasteiger charge is -2.06. The number of aromatic nitrogens is 2. The van der Waals surface area contributed by atoms with E-state index in [4.69, 9.17) is 4.42 Å². The van der Waals surface area contributed by atoms with Crippen molar-refractivity contribution in [3.63, 3.8) is 0 Å². The maximum Gasteiger partial charge on any atom is 0.242 e. The number of amides is 2. The zero-order chi connectivity index (χ0) is 21.8. The fourth-order valence-corrected chi connectivity index (χ4v) is 3.37. The van der Waals surface area contributed by atoms with Gasteiger partial charge in [0, 0.05) is 35.5 Å². The highest BCUT2D eigenvalue weighted by Crippen LogP contribution is 2.23. The molecular formula is C24H24N4O3. The molecule has 0 aliphatic rings. The third-order valence-corrected chi connectivity index (χ3v) is 5.28. The monoisotopic (exact) mass is 416 g/mol. The second-order valence-corrected chi connectivity index (χ2v) is 7.55. The van der Waals surface area contributed by atoms with Gasteiger partial charge in [0.2, 0.25) is 11.8 Å². The Kier molecular flexibility index (Phi) is 5.84. The van der Waals surface area contributed by atoms with Crippen molar-refractivity contribution >= 4 is 22.7 Å². The largest absolute Gasteiger partial charge is 0.441 e. The highest BCUT2D eigenvalue weighted by atomic mass is 16.4. The Morgan fingerprint density at radius 2 is 1.84 bits per heavy atom. The molecule has 2 aromatic heterocycles. The molecule has 0 fully saturated rings. The highest BCUT2D eigenvalue weighted by molar-refractivity contribution is 5.89. The van der Waals surface area contributed by atoms with Crippen LogP contribution in [0.4, 0.5) is 0 Å². The number of aryl methyl sites for hydroxylation is 3. The number of carbonyl (C=O) groups excluding carboxylic acids is 2. The SMILES string of the molecule is Cc1ccc(-c2cnc(CCC(=O)NNC(=O)Cc3c[nH]c4ccccc34)o2)cc1C. The summed E-state index contributed by atoms with van der Waals surface area (Å²) in [5.41, 5.74) is 10.1. The fourth-order valence-electron chi connectivity index (χ4n) is 3.37. The predicted molar refractivity (Wildman–Crippen MR) is 118 cm³/mol. The van der Waals surface area contributed by atoms with E-state index in [0.717, 1.165) is 22.0 Å². The average molecular weight is 416 g/mol. The van der Waals surface area contributed by atoms with Gasteiger partial charge in [-0.25, -0.2) is 4.98 Å². The number of oxazole rings is 1. The van der Waals surface area contributed by atoms with E-state index in [9.17, 15) is 9.59 Å². The van der Waals surface area contributed by atoms with Crippen LogP contribution in [0, 0.1) is 13.8 Å². The van der Waals surface area contributed by atoms with E-state index in [0.29, 0.717) is 18.1 Å². The third kappa shape index (κ3) is 4.83. The number of hydrogen-bond acceptors (Lipinski definition) is 4. The second kappa shape index (κ2) is 8.87. The van der Waals surface area contributed by atoms with Crippen molar-refractivity contribution in [2.24, 2.45) is 0 Å². The van der Waals surface area contributed by atoms with Crippen molar-refractivity contribution in [1.29, 1.82) is 0 Å². The normalized spacial score (nSPS) is 10.9. The van der Waals surface area contributed by atoms with Crippen LogP contribution in [0.3, 0.4) is 0 Å². The van der Waals surface area contributed by atoms with Gasteiger partial charge >= 0.3 is 0 Å². The molecule has 0 spiro atoms. The molecular weight excluding hydrogens is 392 g/mol. The van der Waals surface area contributed by atoms with Crippen LogP contribution in [0.5, 0.6) is 0 Å². The molecule has 0 unspecified atom stereocenters. The molecule has 2 aromatic carbocycles. The molecule has 158 valence electrons. The summed E-state index contributed by atoms with van der Waals surface area (Å²) in [6.07, 6.45) is 4.14. The van der Waals surface area contributed by atoms with Gasteiger partial charge in [-0.2, -0.15) is 0 Å². The molecule has 4 rings (SSSR count). The molecule has 0 aliphatic carbocycles. The van der Waals surface area contributed by atoms with Crippen LogP contribution in [0.25, 0.3) is 22.2 Å². The maximum absolute atomic E-state index is 12.2. The lowest BCUT2D eigenvalue weighted by molar-refractivity contribution is -0.128. The molecule has 3 N–H and O–H groups in total. The number of nitrogens with one attached hydrogen (secondary N) is 3. The number of H-pyrrole nitrogens is 1. The van der Waals surface area contributed by atoms with Crippen LogP contribution >= 0.6 is 0 Å². The van der Waals surface area contributed by atoms with Gasteiger partial charge < -0.3 is 9.40 Å². The molecule has 0 saturated heterocycles. The summed E-state index contributed by atoms with van der Waals surface area (Å²) in [5.74, 6) is 0.559. The maximum atomic E-state index is 12.2. The zero-order valence-corrected chi connectivity index (χ0v) is 17.5. The number of hydrazine groups is 1. The first-order valence-electron chi connectivity index (χ1n) is 10.1. The standard InChI is InChI=1S/C24H24N4O3/c1-15-7-8-17(11-16(15)2)21-14-26-24(31-21)10-9-22(29)27-28-23(30)12-18-13-25-20-6-4-3-5-19(18)20/h3-8,11,13-14,25H,9-10,12H2,1-2H3,(H,27,29)(H,28,30). The van der Waals surface area contributed by atoms with E-state index in [-0.39, 0.29) is 24.7 Å². The summed E-state index contributed by atoms with van der Waals surface area (Å²) >= 11 is 0. The first kappa shape index (κ1) is 20.4. The zero-order valence-electron chi connectivity index (χ0n) is 17.5. The topological polar surface area (TPSA) is 100 Å². The van der Waals surface area contributed by atoms with Crippen LogP contribution in [0.1, 0.15) is 29.0 Å². The van der Waals surface area contributed by atoms with E-state index in [2.05, 4.69) is 33.8 Å². The number of carbonyl (C=O) groups is 2. The van der Waals surface area contributed by atoms with Gasteiger partial charge in [-0.3, -0.25) is 20.4 Å². The van der Waals surface area contributed by atoms with Crippen LogP contribution in [0.15, 0.2) is 59.3 Å². The van der Waals surface area contributed by atoms with Crippen molar-refractivity contribution in [3.05, 3.63) is 77.4 Å². The van der Waals surface area contributed by atoms with Crippen molar-refractivity contribution in [1.82, 2.24) is 20.8 Å². The van der Waals surface area contributed by atoms with Crippen molar-refractivity contribution in [2.45, 2.75) is 33.1 Å². The van der Waals surface area contributed by atoms with E-state index in [1.165, 1.54) is 11.1 Å². The van der Waals surface area contributed by atoms with E-state index in [1.54, 1.807) is 6.20 Å². The third-order valence-electron chi connectivity index (χ3n) is 5.28. The van der Waals surface area contributed by atoms with Crippen molar-refractivity contribution in [3.8, 4) is 11.3 Å². The van der Waals surface area contributed by atoms with Gasteiger partial charge in [0.1, 0.15) is 0 Å². The Hall–Kier alpha value is -3.87. The molecule has 7 heteroatoms. The Morgan fingerprint density at radius 3 is 2.68 bits per heavy atom. The van der Waals surface area contributed by atoms with E-state index in [1.807, 2.05) is 49.5 Å². The van der Waals surface area contributed by atoms with Gasteiger partial charge in [-0.1, -0.05) is 30.3 Å². The Labute approximate surface area is 179 Å². The van der Waals surface area contributed by atoms with Crippen molar-refractivity contribution < 1.29 is 14.0 Å². The highest BCUT2D eigenvalue weighted by Gasteiger charge is 2.12. The summed E-state index contributed by atoms with van der Waals surface area (Å²) < 4.78 is 5.77. The van der Waals surface area contributed by atoms with Gasteiger partial charge in [0.25, 0.3) is 0 Å². The quantitative estimate of drug-likeness (QED) is 0.417. The van der Waals surface area contributed by atoms with Crippen LogP contribution in [0.2, 0.25) is 0 Å². The Morgan fingerprint density at radius 1 is 1.03 bits per heavy atom. The predicted octanol–water partition coefficient (Wildman–Crippen LogP) is 3.76. The Bertz CT molecular complexity index is 1240. The minimum Gasteiger partial charge on any atom is -0.441 e. The van der Waals surface area contributed by atoms with Crippen molar-refractivity contribution in [2.75, 3.05) is 0 Å². The minimum atomic E-state index is -0.307. The summed E-state index contributed by atoms with van der Waals surface area (Å²) in [5, 5.41) is 0.993. The van der Waals surface area contributed by atoms with Crippen LogP contribution < -0.4 is 10.9 Å². The lowest BCUT2D eigenvalue weighted by Crippen LogP contribution is -2.42. The fraction of sp³-hybridized carbons (Fsp3) is 0.208. The summed E-state index contributed by atoms with van der Waals surface area (Å²) in [6.45, 7) is 4.11. The first-order valence-corrected chi connectivity index (χ1v) is 10.1. The number of rotatable bonds is 6. The van der Waals surface area contributed by atoms with Crippen LogP contribution in [-0.2, 0) is 22.4 Å². The number of nitrogens with zero attached hydrogens (tertiary/aromatic N) is 1. The molecule has 0 bridgehead atoms. The molecule has 0 radical (unpaired) electrons. The number of hydrogen-bond donors (Lipinski definition) is 3. The van der Waals surface area contributed by atoms with E-state index >= 15 is 0 Å². The molecule has 0 aliphatic heterocycles. The molecule has 4 aromatic rings. The summed E-state index contributed by atoms with van der Waals surface area (Å²) in [4.78, 5) is 31.7. The summed E-state index contributed by atoms with van der Waals surface area (Å²) in [6, 6.07) is 13.8. The molecule has 7 nitrogen and oxygen atoms in total. The number of para-hydroxylation sites is 1. The minimum absolute atomic E-state index is 0.153. The van der Waals surface area contributed by atoms with Crippen LogP contribution in [-0.4, -0.2) is 21.8 Å². The molecule has 2 amide bonds. The second-order valence-electron chi connectivity index (χ2n) is 7.55. The van der Waals surface area contributed by atoms with E-state index < -0.39 is 0 Å². The molecule has 2 heterocycles. The molecule has 0 atom stereocenters. The first-order chi connectivity index (χ1) is 15.0. The van der Waals surface area contributed by atoms with Gasteiger partial charge in [0.15, 0.2) is 11.7 Å². The summed E-state index contributed by atoms with van der Waals surface area (Å²) in [7, 11) is 0. The smallest absolute Gasteiger partial charge is 0.242 e. The van der Waals surface area contributed by atoms with Gasteiger partial charge in [-0.05, 0) is 42.7 Å². The Balaban J connectivity index is 1.25. The number of aromatic amines is 1. The molecule has 0 saturated carbocycles. The average Bonchev–Trinajstić information content (AvgIpc) is 3.40. The number of fused-ring (bicyclic) bond motifs is 1. The number of benzene rings is 2. The van der Waals surface area contributed by atoms with Gasteiger partial charge in [0.05, 0.1) is 12.6 Å². The van der Waals surface area contributed by atoms with Gasteiger partial charge in [-0.15, -0.1) is 0 Å².